The minimum Gasteiger partial charge on any atom is -0.484 e. The molecule has 0 aliphatic rings. The number of carbonyl (C=O) groups is 1. The molecule has 4 nitrogen and oxygen atoms in total. The number of hydrogen-bond donors (Lipinski definition) is 2. The Kier molecular flexibility index (Phi) is 5.76. The zero-order valence-electron chi connectivity index (χ0n) is 11.6. The van der Waals surface area contributed by atoms with Crippen molar-refractivity contribution < 1.29 is 13.9 Å². The summed E-state index contributed by atoms with van der Waals surface area (Å²) >= 11 is 0. The lowest BCUT2D eigenvalue weighted by Crippen LogP contribution is -2.38. The van der Waals surface area contributed by atoms with E-state index < -0.39 is 5.82 Å². The summed E-state index contributed by atoms with van der Waals surface area (Å²) in [7, 11) is 0. The molecule has 1 amide bonds. The molecule has 0 saturated heterocycles. The average molecular weight is 268 g/mol. The molecule has 1 atom stereocenters. The van der Waals surface area contributed by atoms with Gasteiger partial charge in [0.1, 0.15) is 11.6 Å². The quantitative estimate of drug-likeness (QED) is 0.827. The first-order valence-corrected chi connectivity index (χ1v) is 6.34. The van der Waals surface area contributed by atoms with Crippen LogP contribution < -0.4 is 15.8 Å². The zero-order chi connectivity index (χ0) is 14.4. The molecule has 0 saturated carbocycles. The van der Waals surface area contributed by atoms with Crippen LogP contribution in [0.2, 0.25) is 0 Å². The molecule has 0 heterocycles. The summed E-state index contributed by atoms with van der Waals surface area (Å²) in [5.41, 5.74) is 5.78. The fourth-order valence-electron chi connectivity index (χ4n) is 1.39. The molecular formula is C14H21FN2O2. The molecule has 1 unspecified atom stereocenters. The highest BCUT2D eigenvalue weighted by Crippen LogP contribution is 2.16. The first-order valence-electron chi connectivity index (χ1n) is 6.34. The van der Waals surface area contributed by atoms with Crippen molar-refractivity contribution in [2.75, 3.05) is 6.61 Å². The Morgan fingerprint density at radius 3 is 2.63 bits per heavy atom. The SMILES string of the molecule is CC(C)C(C)NC(=O)COc1ccc(CN)c(F)c1. The summed E-state index contributed by atoms with van der Waals surface area (Å²) in [5, 5.41) is 2.81. The summed E-state index contributed by atoms with van der Waals surface area (Å²) < 4.78 is 18.7. The molecule has 0 bridgehead atoms. The van der Waals surface area contributed by atoms with Gasteiger partial charge in [0.15, 0.2) is 6.61 Å². The van der Waals surface area contributed by atoms with Crippen molar-refractivity contribution in [3.05, 3.63) is 29.6 Å². The molecule has 0 spiro atoms. The van der Waals surface area contributed by atoms with Gasteiger partial charge in [-0.1, -0.05) is 19.9 Å². The minimum absolute atomic E-state index is 0.0763. The van der Waals surface area contributed by atoms with E-state index >= 15 is 0 Å². The summed E-state index contributed by atoms with van der Waals surface area (Å²) in [6, 6.07) is 4.47. The van der Waals surface area contributed by atoms with Crippen LogP contribution in [0.3, 0.4) is 0 Å². The van der Waals surface area contributed by atoms with Crippen molar-refractivity contribution in [2.45, 2.75) is 33.4 Å². The van der Waals surface area contributed by atoms with E-state index in [1.54, 1.807) is 12.1 Å². The number of benzene rings is 1. The van der Waals surface area contributed by atoms with Gasteiger partial charge in [0, 0.05) is 24.2 Å². The lowest BCUT2D eigenvalue weighted by Gasteiger charge is -2.17. The van der Waals surface area contributed by atoms with E-state index in [9.17, 15) is 9.18 Å². The molecule has 5 heteroatoms. The average Bonchev–Trinajstić information content (AvgIpc) is 2.36. The third-order valence-corrected chi connectivity index (χ3v) is 3.00. The van der Waals surface area contributed by atoms with E-state index in [4.69, 9.17) is 10.5 Å². The van der Waals surface area contributed by atoms with E-state index in [1.807, 2.05) is 20.8 Å². The number of amides is 1. The number of halogens is 1. The van der Waals surface area contributed by atoms with Crippen LogP contribution in [0.15, 0.2) is 18.2 Å². The Balaban J connectivity index is 2.48. The largest absolute Gasteiger partial charge is 0.484 e. The van der Waals surface area contributed by atoms with Crippen LogP contribution in [-0.2, 0) is 11.3 Å². The molecular weight excluding hydrogens is 247 g/mol. The van der Waals surface area contributed by atoms with Crippen LogP contribution in [0.5, 0.6) is 5.75 Å². The van der Waals surface area contributed by atoms with Gasteiger partial charge >= 0.3 is 0 Å². The van der Waals surface area contributed by atoms with E-state index in [-0.39, 0.29) is 25.1 Å². The molecule has 1 aromatic rings. The maximum atomic E-state index is 13.4. The molecule has 0 radical (unpaired) electrons. The predicted octanol–water partition coefficient (Wildman–Crippen LogP) is 1.82. The van der Waals surface area contributed by atoms with Crippen LogP contribution in [0.25, 0.3) is 0 Å². The highest BCUT2D eigenvalue weighted by atomic mass is 19.1. The van der Waals surface area contributed by atoms with Crippen LogP contribution in [0, 0.1) is 11.7 Å². The van der Waals surface area contributed by atoms with Crippen molar-refractivity contribution >= 4 is 5.91 Å². The zero-order valence-corrected chi connectivity index (χ0v) is 11.6. The number of ether oxygens (including phenoxy) is 1. The van der Waals surface area contributed by atoms with Crippen molar-refractivity contribution in [2.24, 2.45) is 11.7 Å². The van der Waals surface area contributed by atoms with Crippen LogP contribution in [-0.4, -0.2) is 18.6 Å². The second-order valence-corrected chi connectivity index (χ2v) is 4.85. The van der Waals surface area contributed by atoms with Gasteiger partial charge in [0.25, 0.3) is 5.91 Å². The third kappa shape index (κ3) is 4.87. The standard InChI is InChI=1S/C14H21FN2O2/c1-9(2)10(3)17-14(18)8-19-12-5-4-11(7-16)13(15)6-12/h4-6,9-10H,7-8,16H2,1-3H3,(H,17,18). The second-order valence-electron chi connectivity index (χ2n) is 4.85. The topological polar surface area (TPSA) is 64.3 Å². The van der Waals surface area contributed by atoms with Gasteiger partial charge in [0.05, 0.1) is 0 Å². The highest BCUT2D eigenvalue weighted by molar-refractivity contribution is 5.77. The highest BCUT2D eigenvalue weighted by Gasteiger charge is 2.11. The van der Waals surface area contributed by atoms with Crippen molar-refractivity contribution in [3.8, 4) is 5.75 Å². The molecule has 1 rings (SSSR count). The van der Waals surface area contributed by atoms with E-state index in [0.717, 1.165) is 0 Å². The molecule has 0 aliphatic heterocycles. The number of nitrogens with one attached hydrogen (secondary N) is 1. The van der Waals surface area contributed by atoms with E-state index in [1.165, 1.54) is 6.07 Å². The van der Waals surface area contributed by atoms with Gasteiger partial charge in [-0.25, -0.2) is 4.39 Å². The van der Waals surface area contributed by atoms with Gasteiger partial charge < -0.3 is 15.8 Å². The second kappa shape index (κ2) is 7.09. The Hall–Kier alpha value is -1.62. The molecule has 0 aromatic heterocycles. The van der Waals surface area contributed by atoms with Crippen LogP contribution in [0.4, 0.5) is 4.39 Å². The van der Waals surface area contributed by atoms with Crippen LogP contribution in [0.1, 0.15) is 26.3 Å². The third-order valence-electron chi connectivity index (χ3n) is 3.00. The Morgan fingerprint density at radius 1 is 1.42 bits per heavy atom. The van der Waals surface area contributed by atoms with E-state index in [0.29, 0.717) is 17.2 Å². The summed E-state index contributed by atoms with van der Waals surface area (Å²) in [4.78, 5) is 11.6. The molecule has 0 fully saturated rings. The normalized spacial score (nSPS) is 12.3. The maximum absolute atomic E-state index is 13.4. The summed E-state index contributed by atoms with van der Waals surface area (Å²) in [6.45, 7) is 5.98. The van der Waals surface area contributed by atoms with Gasteiger partial charge in [-0.2, -0.15) is 0 Å². The Bertz CT molecular complexity index is 435. The van der Waals surface area contributed by atoms with Crippen molar-refractivity contribution in [1.29, 1.82) is 0 Å². The number of carbonyl (C=O) groups excluding carboxylic acids is 1. The number of rotatable bonds is 6. The lowest BCUT2D eigenvalue weighted by molar-refractivity contribution is -0.124. The summed E-state index contributed by atoms with van der Waals surface area (Å²) in [6.07, 6.45) is 0. The number of hydrogen-bond acceptors (Lipinski definition) is 3. The lowest BCUT2D eigenvalue weighted by atomic mass is 10.1. The molecule has 0 aliphatic carbocycles. The fourth-order valence-corrected chi connectivity index (χ4v) is 1.39. The fraction of sp³-hybridized carbons (Fsp3) is 0.500. The smallest absolute Gasteiger partial charge is 0.258 e. The first-order chi connectivity index (χ1) is 8.93. The Labute approximate surface area is 113 Å². The van der Waals surface area contributed by atoms with Crippen LogP contribution >= 0.6 is 0 Å². The Morgan fingerprint density at radius 2 is 2.11 bits per heavy atom. The monoisotopic (exact) mass is 268 g/mol. The van der Waals surface area contributed by atoms with Crippen molar-refractivity contribution in [3.63, 3.8) is 0 Å². The first kappa shape index (κ1) is 15.4. The van der Waals surface area contributed by atoms with E-state index in [2.05, 4.69) is 5.32 Å². The predicted molar refractivity (Wildman–Crippen MR) is 72.2 cm³/mol. The van der Waals surface area contributed by atoms with Crippen molar-refractivity contribution in [1.82, 2.24) is 5.32 Å². The molecule has 106 valence electrons. The molecule has 19 heavy (non-hydrogen) atoms. The van der Waals surface area contributed by atoms with Gasteiger partial charge in [-0.15, -0.1) is 0 Å². The van der Waals surface area contributed by atoms with Gasteiger partial charge in [-0.05, 0) is 18.9 Å². The molecule has 1 aromatic carbocycles. The number of nitrogens with two attached hydrogens (primary N) is 1. The van der Waals surface area contributed by atoms with Gasteiger partial charge in [-0.3, -0.25) is 4.79 Å². The molecule has 3 N–H and O–H groups in total. The minimum atomic E-state index is -0.420. The summed E-state index contributed by atoms with van der Waals surface area (Å²) in [5.74, 6) is 0.0350. The van der Waals surface area contributed by atoms with Gasteiger partial charge in [0.2, 0.25) is 0 Å². The maximum Gasteiger partial charge on any atom is 0.258 e.